The van der Waals surface area contributed by atoms with Crippen LogP contribution in [-0.4, -0.2) is 56.2 Å². The lowest BCUT2D eigenvalue weighted by Gasteiger charge is -2.11. The van der Waals surface area contributed by atoms with Crippen molar-refractivity contribution < 1.29 is 62.5 Å². The van der Waals surface area contributed by atoms with E-state index in [9.17, 15) is 9.59 Å². The van der Waals surface area contributed by atoms with Gasteiger partial charge in [-0.1, -0.05) is 58.0 Å². The molecule has 2 aromatic carbocycles. The van der Waals surface area contributed by atoms with Crippen LogP contribution in [0.5, 0.6) is 23.0 Å². The predicted molar refractivity (Wildman–Crippen MR) is 239 cm³/mol. The number of carbonyl (C=O) groups is 2. The van der Waals surface area contributed by atoms with Crippen LogP contribution >= 0.6 is 21.6 Å². The molecule has 0 atom stereocenters. The Morgan fingerprint density at radius 3 is 1.43 bits per heavy atom. The number of pyridine rings is 2. The number of rotatable bonds is 28. The fourth-order valence-electron chi connectivity index (χ4n) is 5.96. The highest BCUT2D eigenvalue weighted by atomic mass is 35.5. The largest absolute Gasteiger partial charge is 1.00 e. The Labute approximate surface area is 377 Å². The molecule has 0 unspecified atom stereocenters. The summed E-state index contributed by atoms with van der Waals surface area (Å²) in [6, 6.07) is 20.3. The summed E-state index contributed by atoms with van der Waals surface area (Å²) >= 11 is 0. The van der Waals surface area contributed by atoms with Crippen LogP contribution in [0.15, 0.2) is 85.5 Å². The quantitative estimate of drug-likeness (QED) is 0.0529. The standard InChI is InChI=1S/C47H60N3O6S2.2ClH/c1-5-53-43-21-19-40(36-45(43)55-7-3)17-15-38-23-30-49(31-24-38)28-9-12-42(51)13-11-34-57-58-35-27-48-47(52)14-10-29-50-32-25-39(26-33-50)16-18-41-20-22-44(54-6-2)46(37-41)56-8-4;;/h15-26,30-33,36-37H,5-14,27-29,34-35H2,1-4H3;2*1H/q+1;;/p-1/b17-15+,18-16+;;. The number of aryl methyl sites for hydroxylation is 2. The van der Waals surface area contributed by atoms with E-state index < -0.39 is 0 Å². The van der Waals surface area contributed by atoms with E-state index in [0.29, 0.717) is 58.0 Å². The molecule has 60 heavy (non-hydrogen) atoms. The molecule has 13 heteroatoms. The van der Waals surface area contributed by atoms with Gasteiger partial charge in [0, 0.05) is 74.4 Å². The lowest BCUT2D eigenvalue weighted by atomic mass is 10.1. The molecule has 9 nitrogen and oxygen atoms in total. The van der Waals surface area contributed by atoms with Crippen molar-refractivity contribution in [3.05, 3.63) is 108 Å². The third kappa shape index (κ3) is 19.9. The molecular formula is C47H61Cl2N3O6S2. The smallest absolute Gasteiger partial charge is 0.220 e. The molecule has 0 fully saturated rings. The van der Waals surface area contributed by atoms with Crippen LogP contribution in [0.1, 0.15) is 88.5 Å². The summed E-state index contributed by atoms with van der Waals surface area (Å²) in [5.74, 6) is 5.22. The molecule has 0 aliphatic heterocycles. The zero-order valence-corrected chi connectivity index (χ0v) is 38.6. The SMILES string of the molecule is CCOc1ccc(/C=C/c2cc[n+](CCCC(=O)CCCSSCCNC(=O)CCC[n+]3ccc(/C=C/c4ccc(OCC)c(OCC)c4)cc3)cc2)cc1OCC.[Cl-].[Cl-]. The molecule has 0 saturated carbocycles. The van der Waals surface area contributed by atoms with E-state index in [1.807, 2.05) is 76.5 Å². The van der Waals surface area contributed by atoms with Crippen LogP contribution < -0.4 is 58.2 Å². The molecule has 1 amide bonds. The monoisotopic (exact) mass is 897 g/mol. The number of Topliss-reactive ketones (excluding diaryl/α,β-unsaturated/α-hetero) is 1. The molecule has 0 spiro atoms. The second kappa shape index (κ2) is 30.8. The van der Waals surface area contributed by atoms with Gasteiger partial charge in [0.1, 0.15) is 18.9 Å². The highest BCUT2D eigenvalue weighted by Crippen LogP contribution is 2.30. The van der Waals surface area contributed by atoms with Gasteiger partial charge in [-0.2, -0.15) is 0 Å². The molecule has 4 rings (SSSR count). The van der Waals surface area contributed by atoms with Crippen molar-refractivity contribution in [2.24, 2.45) is 0 Å². The number of ketones is 1. The highest BCUT2D eigenvalue weighted by Gasteiger charge is 2.09. The molecule has 2 heterocycles. The number of ether oxygens (including phenoxy) is 4. The third-order valence-corrected chi connectivity index (χ3v) is 11.4. The number of hydrogen-bond acceptors (Lipinski definition) is 8. The molecule has 2 aromatic heterocycles. The van der Waals surface area contributed by atoms with Gasteiger partial charge >= 0.3 is 0 Å². The number of carbonyl (C=O) groups excluding carboxylic acids is 2. The second-order valence-electron chi connectivity index (χ2n) is 13.4. The molecule has 326 valence electrons. The maximum absolute atomic E-state index is 12.4. The summed E-state index contributed by atoms with van der Waals surface area (Å²) < 4.78 is 27.0. The first-order valence-electron chi connectivity index (χ1n) is 20.6. The van der Waals surface area contributed by atoms with Crippen LogP contribution in [0, 0.1) is 0 Å². The van der Waals surface area contributed by atoms with Gasteiger partial charge in [0.15, 0.2) is 47.8 Å². The molecule has 0 radical (unpaired) electrons. The van der Waals surface area contributed by atoms with Gasteiger partial charge in [-0.25, -0.2) is 9.13 Å². The molecule has 4 aromatic rings. The van der Waals surface area contributed by atoms with Crippen LogP contribution in [0.25, 0.3) is 24.3 Å². The van der Waals surface area contributed by atoms with Gasteiger partial charge in [-0.3, -0.25) is 9.59 Å². The molecule has 0 bridgehead atoms. The number of nitrogens with one attached hydrogen (secondary N) is 1. The zero-order valence-electron chi connectivity index (χ0n) is 35.4. The van der Waals surface area contributed by atoms with Crippen molar-refractivity contribution in [2.45, 2.75) is 79.3 Å². The van der Waals surface area contributed by atoms with E-state index in [2.05, 4.69) is 75.4 Å². The van der Waals surface area contributed by atoms with Crippen LogP contribution in [0.4, 0.5) is 0 Å². The average Bonchev–Trinajstić information content (AvgIpc) is 3.23. The number of amides is 1. The van der Waals surface area contributed by atoms with Crippen molar-refractivity contribution >= 4 is 57.6 Å². The number of hydrogen-bond donors (Lipinski definition) is 1. The Morgan fingerprint density at radius 2 is 0.950 bits per heavy atom. The van der Waals surface area contributed by atoms with E-state index in [4.69, 9.17) is 18.9 Å². The Bertz CT molecular complexity index is 1760. The lowest BCUT2D eigenvalue weighted by Crippen LogP contribution is -3.00. The van der Waals surface area contributed by atoms with E-state index in [0.717, 1.165) is 89.1 Å². The minimum atomic E-state index is 0. The van der Waals surface area contributed by atoms with Crippen LogP contribution in [0.2, 0.25) is 0 Å². The predicted octanol–water partition coefficient (Wildman–Crippen LogP) is 3.31. The molecule has 1 N–H and O–H groups in total. The topological polar surface area (TPSA) is 90.9 Å². The summed E-state index contributed by atoms with van der Waals surface area (Å²) in [6.45, 7) is 12.5. The number of aromatic nitrogens is 2. The van der Waals surface area contributed by atoms with Crippen LogP contribution in [0.3, 0.4) is 0 Å². The fourth-order valence-corrected chi connectivity index (χ4v) is 7.95. The third-order valence-electron chi connectivity index (χ3n) is 8.87. The molecule has 0 aliphatic rings. The second-order valence-corrected chi connectivity index (χ2v) is 16.1. The highest BCUT2D eigenvalue weighted by molar-refractivity contribution is 8.76. The van der Waals surface area contributed by atoms with E-state index in [-0.39, 0.29) is 30.7 Å². The molecule has 0 aliphatic carbocycles. The maximum atomic E-state index is 12.4. The van der Waals surface area contributed by atoms with Crippen molar-refractivity contribution in [1.29, 1.82) is 0 Å². The number of nitrogens with zero attached hydrogens (tertiary/aromatic N) is 2. The Kier molecular flexibility index (Phi) is 26.7. The Hall–Kier alpha value is -4.16. The maximum Gasteiger partial charge on any atom is 0.220 e. The van der Waals surface area contributed by atoms with Gasteiger partial charge in [0.2, 0.25) is 5.91 Å². The molecule has 0 saturated heterocycles. The first-order chi connectivity index (χ1) is 28.4. The van der Waals surface area contributed by atoms with E-state index >= 15 is 0 Å². The van der Waals surface area contributed by atoms with Gasteiger partial charge in [-0.15, -0.1) is 0 Å². The van der Waals surface area contributed by atoms with Crippen LogP contribution in [-0.2, 0) is 22.7 Å². The average molecular weight is 899 g/mol. The summed E-state index contributed by atoms with van der Waals surface area (Å²) in [5, 5.41) is 3.03. The normalized spacial score (nSPS) is 10.9. The van der Waals surface area contributed by atoms with Crippen molar-refractivity contribution in [3.63, 3.8) is 0 Å². The van der Waals surface area contributed by atoms with Gasteiger partial charge in [0.05, 0.1) is 26.4 Å². The van der Waals surface area contributed by atoms with Crippen molar-refractivity contribution in [2.75, 3.05) is 44.5 Å². The fraction of sp³-hybridized carbons (Fsp3) is 0.404. The van der Waals surface area contributed by atoms with Gasteiger partial charge in [-0.05, 0) is 80.6 Å². The van der Waals surface area contributed by atoms with E-state index in [1.165, 1.54) is 0 Å². The Morgan fingerprint density at radius 1 is 0.533 bits per heavy atom. The van der Waals surface area contributed by atoms with Gasteiger partial charge < -0.3 is 49.1 Å². The Balaban J connectivity index is 0.00000620. The zero-order chi connectivity index (χ0) is 41.2. The number of benzene rings is 2. The minimum Gasteiger partial charge on any atom is -1.00 e. The lowest BCUT2D eigenvalue weighted by molar-refractivity contribution is -0.697. The van der Waals surface area contributed by atoms with Crippen molar-refractivity contribution in [3.8, 4) is 23.0 Å². The summed E-state index contributed by atoms with van der Waals surface area (Å²) in [7, 11) is 3.52. The summed E-state index contributed by atoms with van der Waals surface area (Å²) in [6.07, 6.45) is 20.7. The number of halogens is 2. The first kappa shape index (κ1) is 52.0. The first-order valence-corrected chi connectivity index (χ1v) is 23.1. The van der Waals surface area contributed by atoms with Crippen molar-refractivity contribution in [1.82, 2.24) is 5.32 Å². The molecular weight excluding hydrogens is 838 g/mol. The van der Waals surface area contributed by atoms with E-state index in [1.54, 1.807) is 21.6 Å². The summed E-state index contributed by atoms with van der Waals surface area (Å²) in [5.41, 5.74) is 4.29. The van der Waals surface area contributed by atoms with Gasteiger partial charge in [0.25, 0.3) is 0 Å². The summed E-state index contributed by atoms with van der Waals surface area (Å²) in [4.78, 5) is 24.8. The minimum absolute atomic E-state index is 0.